The Morgan fingerprint density at radius 1 is 1.11 bits per heavy atom. The monoisotopic (exact) mass is 318 g/mol. The van der Waals surface area contributed by atoms with Crippen molar-refractivity contribution in [3.63, 3.8) is 0 Å². The minimum absolute atomic E-state index is 0.329. The maximum atomic E-state index is 11.9. The molecule has 10 heteroatoms. The fraction of sp³-hybridized carbons (Fsp3) is 0.333. The van der Waals surface area contributed by atoms with Gasteiger partial charge in [-0.3, -0.25) is 4.18 Å². The summed E-state index contributed by atoms with van der Waals surface area (Å²) >= 11 is 0. The first-order chi connectivity index (χ1) is 8.42. The predicted octanol–water partition coefficient (Wildman–Crippen LogP) is 1.36. The van der Waals surface area contributed by atoms with Crippen LogP contribution in [0.15, 0.2) is 34.1 Å². The van der Waals surface area contributed by atoms with Crippen molar-refractivity contribution in [1.82, 2.24) is 0 Å². The minimum atomic E-state index is -4.80. The summed E-state index contributed by atoms with van der Waals surface area (Å²) in [6.07, 6.45) is -3.96. The van der Waals surface area contributed by atoms with E-state index in [2.05, 4.69) is 4.18 Å². The first-order valence-corrected chi connectivity index (χ1v) is 7.98. The third-order valence-electron chi connectivity index (χ3n) is 1.90. The molecule has 0 aliphatic carbocycles. The minimum Gasteiger partial charge on any atom is -0.257 e. The Balaban J connectivity index is 3.10. The van der Waals surface area contributed by atoms with E-state index >= 15 is 0 Å². The Hall–Kier alpha value is -1.13. The fourth-order valence-electron chi connectivity index (χ4n) is 1.07. The van der Waals surface area contributed by atoms with E-state index in [0.717, 1.165) is 30.5 Å². The number of hydrogen-bond acceptors (Lipinski definition) is 5. The van der Waals surface area contributed by atoms with E-state index < -0.39 is 37.6 Å². The van der Waals surface area contributed by atoms with Gasteiger partial charge < -0.3 is 0 Å². The van der Waals surface area contributed by atoms with Crippen LogP contribution < -0.4 is 0 Å². The number of halogens is 3. The van der Waals surface area contributed by atoms with Gasteiger partial charge in [0.1, 0.15) is 0 Å². The van der Waals surface area contributed by atoms with Crippen LogP contribution >= 0.6 is 0 Å². The molecule has 108 valence electrons. The van der Waals surface area contributed by atoms with E-state index in [1.165, 1.54) is 0 Å². The average Bonchev–Trinajstić information content (AvgIpc) is 2.25. The molecule has 0 spiro atoms. The summed E-state index contributed by atoms with van der Waals surface area (Å²) in [5.74, 6) is 0. The van der Waals surface area contributed by atoms with Gasteiger partial charge in [0.05, 0.1) is 9.79 Å². The van der Waals surface area contributed by atoms with Crippen LogP contribution in [-0.2, 0) is 24.1 Å². The molecule has 19 heavy (non-hydrogen) atoms. The molecule has 0 fully saturated rings. The lowest BCUT2D eigenvalue weighted by Gasteiger charge is -2.08. The molecule has 1 aromatic carbocycles. The zero-order valence-electron chi connectivity index (χ0n) is 9.51. The van der Waals surface area contributed by atoms with Gasteiger partial charge in [0, 0.05) is 6.26 Å². The highest BCUT2D eigenvalue weighted by Crippen LogP contribution is 2.21. The molecule has 0 saturated carbocycles. The Morgan fingerprint density at radius 2 is 1.63 bits per heavy atom. The Labute approximate surface area is 108 Å². The summed E-state index contributed by atoms with van der Waals surface area (Å²) in [4.78, 5) is -0.983. The van der Waals surface area contributed by atoms with Crippen LogP contribution in [0.1, 0.15) is 0 Å². The molecule has 0 saturated heterocycles. The van der Waals surface area contributed by atoms with Crippen LogP contribution in [0.5, 0.6) is 0 Å². The molecule has 0 heterocycles. The number of alkyl halides is 3. The number of sulfone groups is 1. The molecular formula is C9H9F3O5S2. The molecule has 0 unspecified atom stereocenters. The highest BCUT2D eigenvalue weighted by Gasteiger charge is 2.31. The molecule has 0 aromatic heterocycles. The summed E-state index contributed by atoms with van der Waals surface area (Å²) < 4.78 is 84.8. The molecule has 0 N–H and O–H groups in total. The van der Waals surface area contributed by atoms with E-state index in [1.54, 1.807) is 0 Å². The van der Waals surface area contributed by atoms with Crippen molar-refractivity contribution >= 4 is 20.0 Å². The van der Waals surface area contributed by atoms with E-state index in [0.29, 0.717) is 0 Å². The molecule has 5 nitrogen and oxygen atoms in total. The summed E-state index contributed by atoms with van der Waals surface area (Å²) in [5.41, 5.74) is 0. The third-order valence-corrected chi connectivity index (χ3v) is 4.27. The van der Waals surface area contributed by atoms with Gasteiger partial charge in [-0.15, -0.1) is 0 Å². The van der Waals surface area contributed by atoms with Gasteiger partial charge >= 0.3 is 6.18 Å². The fourth-order valence-corrected chi connectivity index (χ4v) is 2.76. The van der Waals surface area contributed by atoms with Gasteiger partial charge in [-0.2, -0.15) is 21.6 Å². The third kappa shape index (κ3) is 4.80. The van der Waals surface area contributed by atoms with Gasteiger partial charge in [-0.05, 0) is 18.2 Å². The molecule has 0 aliphatic heterocycles. The van der Waals surface area contributed by atoms with Crippen molar-refractivity contribution in [1.29, 1.82) is 0 Å². The molecule has 0 aliphatic rings. The highest BCUT2D eigenvalue weighted by atomic mass is 32.2. The van der Waals surface area contributed by atoms with Crippen molar-refractivity contribution in [3.8, 4) is 0 Å². The topological polar surface area (TPSA) is 77.5 Å². The molecule has 1 aromatic rings. The molecular weight excluding hydrogens is 309 g/mol. The number of benzene rings is 1. The summed E-state index contributed by atoms with van der Waals surface area (Å²) in [6, 6.07) is 3.90. The van der Waals surface area contributed by atoms with Crippen molar-refractivity contribution < 1.29 is 34.2 Å². The van der Waals surface area contributed by atoms with E-state index in [4.69, 9.17) is 0 Å². The first kappa shape index (κ1) is 15.9. The largest absolute Gasteiger partial charge is 0.413 e. The highest BCUT2D eigenvalue weighted by molar-refractivity contribution is 7.90. The van der Waals surface area contributed by atoms with Gasteiger partial charge in [0.15, 0.2) is 16.4 Å². The van der Waals surface area contributed by atoms with Gasteiger partial charge in [0.25, 0.3) is 10.1 Å². The zero-order chi connectivity index (χ0) is 14.9. The quantitative estimate of drug-likeness (QED) is 0.783. The maximum absolute atomic E-state index is 11.9. The number of hydrogen-bond donors (Lipinski definition) is 0. The molecule has 1 rings (SSSR count). The second kappa shape index (κ2) is 5.10. The Kier molecular flexibility index (Phi) is 4.27. The van der Waals surface area contributed by atoms with Gasteiger partial charge in [-0.1, -0.05) is 6.07 Å². The van der Waals surface area contributed by atoms with Crippen LogP contribution in [0, 0.1) is 0 Å². The van der Waals surface area contributed by atoms with Crippen LogP contribution in [0.25, 0.3) is 0 Å². The van der Waals surface area contributed by atoms with Crippen LogP contribution in [0.2, 0.25) is 0 Å². The smallest absolute Gasteiger partial charge is 0.257 e. The molecule has 0 bridgehead atoms. The maximum Gasteiger partial charge on any atom is 0.413 e. The second-order valence-electron chi connectivity index (χ2n) is 3.58. The van der Waals surface area contributed by atoms with Crippen LogP contribution in [-0.4, -0.2) is 35.9 Å². The normalized spacial score (nSPS) is 13.5. The SMILES string of the molecule is CS(=O)(=O)c1cccc(S(=O)(=O)OCC(F)(F)F)c1. The van der Waals surface area contributed by atoms with Crippen molar-refractivity contribution in [2.75, 3.05) is 12.9 Å². The lowest BCUT2D eigenvalue weighted by Crippen LogP contribution is -2.20. The lowest BCUT2D eigenvalue weighted by atomic mass is 10.4. The van der Waals surface area contributed by atoms with Crippen molar-refractivity contribution in [2.45, 2.75) is 16.0 Å². The molecule has 0 amide bonds. The zero-order valence-corrected chi connectivity index (χ0v) is 11.1. The summed E-state index contributed by atoms with van der Waals surface area (Å²) in [5, 5.41) is 0. The predicted molar refractivity (Wildman–Crippen MR) is 58.7 cm³/mol. The van der Waals surface area contributed by atoms with Crippen LogP contribution in [0.4, 0.5) is 13.2 Å². The number of rotatable bonds is 4. The van der Waals surface area contributed by atoms with E-state index in [1.807, 2.05) is 0 Å². The van der Waals surface area contributed by atoms with Crippen LogP contribution in [0.3, 0.4) is 0 Å². The van der Waals surface area contributed by atoms with Gasteiger partial charge in [0.2, 0.25) is 0 Å². The summed E-state index contributed by atoms with van der Waals surface area (Å²) in [7, 11) is -8.33. The second-order valence-corrected chi connectivity index (χ2v) is 7.21. The first-order valence-electron chi connectivity index (χ1n) is 4.68. The summed E-state index contributed by atoms with van der Waals surface area (Å²) in [6.45, 7) is -1.97. The van der Waals surface area contributed by atoms with Crippen molar-refractivity contribution in [2.24, 2.45) is 0 Å². The molecule has 0 atom stereocenters. The standard InChI is InChI=1S/C9H9F3O5S2/c1-18(13,14)7-3-2-4-8(5-7)19(15,16)17-6-9(10,11)12/h2-5H,6H2,1H3. The van der Waals surface area contributed by atoms with Crippen molar-refractivity contribution in [3.05, 3.63) is 24.3 Å². The Morgan fingerprint density at radius 3 is 2.11 bits per heavy atom. The lowest BCUT2D eigenvalue weighted by molar-refractivity contribution is -0.152. The van der Waals surface area contributed by atoms with E-state index in [-0.39, 0.29) is 4.90 Å². The average molecular weight is 318 g/mol. The van der Waals surface area contributed by atoms with Gasteiger partial charge in [-0.25, -0.2) is 8.42 Å². The Bertz CT molecular complexity index is 661. The molecule has 0 radical (unpaired) electrons. The van der Waals surface area contributed by atoms with E-state index in [9.17, 15) is 30.0 Å².